The molecule has 0 aliphatic carbocycles. The van der Waals surface area contributed by atoms with E-state index in [2.05, 4.69) is 5.32 Å². The molecule has 0 unspecified atom stereocenters. The van der Waals surface area contributed by atoms with Gasteiger partial charge in [0, 0.05) is 12.1 Å². The summed E-state index contributed by atoms with van der Waals surface area (Å²) in [6.07, 6.45) is 0.596. The number of non-ortho nitro benzene ring substituents is 1. The van der Waals surface area contributed by atoms with Crippen molar-refractivity contribution in [1.82, 2.24) is 0 Å². The molecule has 0 aliphatic heterocycles. The summed E-state index contributed by atoms with van der Waals surface area (Å²) in [6, 6.07) is 3.55. The summed E-state index contributed by atoms with van der Waals surface area (Å²) in [5, 5.41) is 22.1. The molecule has 0 spiro atoms. The second kappa shape index (κ2) is 4.22. The lowest BCUT2D eigenvalue weighted by molar-refractivity contribution is -0.384. The maximum absolute atomic E-state index is 10.4. The van der Waals surface area contributed by atoms with Crippen molar-refractivity contribution in [2.24, 2.45) is 0 Å². The lowest BCUT2D eigenvalue weighted by Crippen LogP contribution is -2.02. The minimum atomic E-state index is -0.578. The van der Waals surface area contributed by atoms with Crippen LogP contribution in [0.4, 0.5) is 11.4 Å². The zero-order valence-corrected chi connectivity index (χ0v) is 7.14. The van der Waals surface area contributed by atoms with Crippen molar-refractivity contribution in [2.75, 3.05) is 11.9 Å². The molecular formula is C8H8N2O4. The van der Waals surface area contributed by atoms with Crippen molar-refractivity contribution in [3.63, 3.8) is 0 Å². The Labute approximate surface area is 79.3 Å². The molecule has 2 N–H and O–H groups in total. The van der Waals surface area contributed by atoms with E-state index in [0.717, 1.165) is 0 Å². The predicted octanol–water partition coefficient (Wildman–Crippen LogP) is 0.911. The van der Waals surface area contributed by atoms with Gasteiger partial charge in [0.25, 0.3) is 5.69 Å². The van der Waals surface area contributed by atoms with Crippen LogP contribution in [-0.4, -0.2) is 22.9 Å². The average Bonchev–Trinajstić information content (AvgIpc) is 2.16. The fourth-order valence-corrected chi connectivity index (χ4v) is 0.931. The summed E-state index contributed by atoms with van der Waals surface area (Å²) in [7, 11) is 0. The van der Waals surface area contributed by atoms with Gasteiger partial charge >= 0.3 is 0 Å². The number of anilines is 1. The fraction of sp³-hybridized carbons (Fsp3) is 0.125. The average molecular weight is 196 g/mol. The monoisotopic (exact) mass is 196 g/mol. The summed E-state index contributed by atoms with van der Waals surface area (Å²) in [4.78, 5) is 19.8. The number of carbonyl (C=O) groups excluding carboxylic acids is 1. The Balaban J connectivity index is 2.95. The van der Waals surface area contributed by atoms with Crippen molar-refractivity contribution >= 4 is 17.7 Å². The molecule has 74 valence electrons. The molecule has 0 saturated carbocycles. The highest BCUT2D eigenvalue weighted by Crippen LogP contribution is 2.27. The first kappa shape index (κ1) is 9.97. The number of nitrogens with zero attached hydrogens (tertiary/aromatic N) is 1. The molecule has 0 fully saturated rings. The second-order valence-corrected chi connectivity index (χ2v) is 2.51. The van der Waals surface area contributed by atoms with Gasteiger partial charge in [0.05, 0.1) is 17.2 Å². The van der Waals surface area contributed by atoms with Crippen LogP contribution in [0.3, 0.4) is 0 Å². The standard InChI is InChI=1S/C8H8N2O4/c11-4-3-9-7-5-6(10(13)14)1-2-8(7)12/h1-2,4-5,9,12H,3H2. The van der Waals surface area contributed by atoms with Gasteiger partial charge in [-0.1, -0.05) is 0 Å². The smallest absolute Gasteiger partial charge is 0.271 e. The number of carbonyl (C=O) groups is 1. The minimum Gasteiger partial charge on any atom is -0.506 e. The molecule has 6 heteroatoms. The Morgan fingerprint density at radius 2 is 2.29 bits per heavy atom. The first-order valence-electron chi connectivity index (χ1n) is 3.80. The van der Waals surface area contributed by atoms with Crippen molar-refractivity contribution < 1.29 is 14.8 Å². The molecule has 0 radical (unpaired) electrons. The highest BCUT2D eigenvalue weighted by atomic mass is 16.6. The first-order valence-corrected chi connectivity index (χ1v) is 3.80. The van der Waals surface area contributed by atoms with Crippen molar-refractivity contribution in [2.45, 2.75) is 0 Å². The molecule has 0 atom stereocenters. The largest absolute Gasteiger partial charge is 0.506 e. The number of benzene rings is 1. The summed E-state index contributed by atoms with van der Waals surface area (Å²) in [6.45, 7) is -0.00523. The van der Waals surface area contributed by atoms with E-state index in [1.54, 1.807) is 0 Å². The van der Waals surface area contributed by atoms with E-state index < -0.39 is 4.92 Å². The molecule has 1 aromatic rings. The van der Waals surface area contributed by atoms with Gasteiger partial charge in [0.2, 0.25) is 0 Å². The third-order valence-electron chi connectivity index (χ3n) is 1.57. The van der Waals surface area contributed by atoms with Gasteiger partial charge < -0.3 is 15.2 Å². The summed E-state index contributed by atoms with van der Waals surface area (Å²) in [5.74, 6) is -0.127. The topological polar surface area (TPSA) is 92.5 Å². The number of phenolic OH excluding ortho intramolecular Hbond substituents is 1. The molecule has 0 aromatic heterocycles. The molecule has 0 aliphatic rings. The minimum absolute atomic E-state index is 0.00523. The Kier molecular flexibility index (Phi) is 3.01. The van der Waals surface area contributed by atoms with Gasteiger partial charge in [0.15, 0.2) is 0 Å². The third kappa shape index (κ3) is 2.19. The Morgan fingerprint density at radius 1 is 1.57 bits per heavy atom. The predicted molar refractivity (Wildman–Crippen MR) is 49.3 cm³/mol. The number of nitrogens with one attached hydrogen (secondary N) is 1. The number of aldehydes is 1. The van der Waals surface area contributed by atoms with Crippen LogP contribution in [0.5, 0.6) is 5.75 Å². The zero-order chi connectivity index (χ0) is 10.6. The Bertz CT molecular complexity index is 364. The lowest BCUT2D eigenvalue weighted by atomic mass is 10.2. The molecule has 0 amide bonds. The zero-order valence-electron chi connectivity index (χ0n) is 7.14. The molecule has 14 heavy (non-hydrogen) atoms. The summed E-state index contributed by atoms with van der Waals surface area (Å²) >= 11 is 0. The van der Waals surface area contributed by atoms with E-state index in [1.807, 2.05) is 0 Å². The van der Waals surface area contributed by atoms with Crippen LogP contribution in [0, 0.1) is 10.1 Å². The number of rotatable bonds is 4. The van der Waals surface area contributed by atoms with Crippen molar-refractivity contribution in [3.05, 3.63) is 28.3 Å². The van der Waals surface area contributed by atoms with Crippen molar-refractivity contribution in [3.8, 4) is 5.75 Å². The molecule has 6 nitrogen and oxygen atoms in total. The number of hydrogen-bond donors (Lipinski definition) is 2. The van der Waals surface area contributed by atoms with E-state index in [-0.39, 0.29) is 23.7 Å². The van der Waals surface area contributed by atoms with Crippen molar-refractivity contribution in [1.29, 1.82) is 0 Å². The Hall–Kier alpha value is -2.11. The van der Waals surface area contributed by atoms with Gasteiger partial charge in [-0.2, -0.15) is 0 Å². The second-order valence-electron chi connectivity index (χ2n) is 2.51. The van der Waals surface area contributed by atoms with Crippen LogP contribution in [0.15, 0.2) is 18.2 Å². The summed E-state index contributed by atoms with van der Waals surface area (Å²) < 4.78 is 0. The molecular weight excluding hydrogens is 188 g/mol. The molecule has 0 bridgehead atoms. The van der Waals surface area contributed by atoms with E-state index in [1.165, 1.54) is 18.2 Å². The van der Waals surface area contributed by atoms with E-state index in [4.69, 9.17) is 0 Å². The normalized spacial score (nSPS) is 9.43. The van der Waals surface area contributed by atoms with Crippen LogP contribution in [0.2, 0.25) is 0 Å². The maximum Gasteiger partial charge on any atom is 0.271 e. The van der Waals surface area contributed by atoms with Crippen LogP contribution in [0.25, 0.3) is 0 Å². The number of phenols is 1. The van der Waals surface area contributed by atoms with Crippen LogP contribution in [-0.2, 0) is 4.79 Å². The van der Waals surface area contributed by atoms with Gasteiger partial charge in [-0.05, 0) is 6.07 Å². The maximum atomic E-state index is 10.4. The lowest BCUT2D eigenvalue weighted by Gasteiger charge is -2.04. The fourth-order valence-electron chi connectivity index (χ4n) is 0.931. The van der Waals surface area contributed by atoms with E-state index in [9.17, 15) is 20.0 Å². The number of hydrogen-bond acceptors (Lipinski definition) is 5. The quantitative estimate of drug-likeness (QED) is 0.323. The van der Waals surface area contributed by atoms with Crippen LogP contribution >= 0.6 is 0 Å². The molecule has 0 heterocycles. The Morgan fingerprint density at radius 3 is 2.86 bits per heavy atom. The van der Waals surface area contributed by atoms with E-state index >= 15 is 0 Å². The summed E-state index contributed by atoms with van der Waals surface area (Å²) in [5.41, 5.74) is 0.0301. The van der Waals surface area contributed by atoms with Gasteiger partial charge in [-0.25, -0.2) is 0 Å². The van der Waals surface area contributed by atoms with Gasteiger partial charge in [-0.15, -0.1) is 0 Å². The molecule has 1 aromatic carbocycles. The van der Waals surface area contributed by atoms with Crippen LogP contribution < -0.4 is 5.32 Å². The van der Waals surface area contributed by atoms with Gasteiger partial charge in [0.1, 0.15) is 12.0 Å². The molecule has 0 saturated heterocycles. The third-order valence-corrected chi connectivity index (χ3v) is 1.57. The number of nitro groups is 1. The highest BCUT2D eigenvalue weighted by molar-refractivity contribution is 5.65. The number of aromatic hydroxyl groups is 1. The van der Waals surface area contributed by atoms with Gasteiger partial charge in [-0.3, -0.25) is 10.1 Å². The SMILES string of the molecule is O=CCNc1cc([N+](=O)[O-])ccc1O. The number of nitro benzene ring substituents is 1. The van der Waals surface area contributed by atoms with E-state index in [0.29, 0.717) is 6.29 Å². The highest BCUT2D eigenvalue weighted by Gasteiger charge is 2.09. The van der Waals surface area contributed by atoms with Crippen LogP contribution in [0.1, 0.15) is 0 Å². The first-order chi connectivity index (χ1) is 6.65. The molecule has 1 rings (SSSR count).